The lowest BCUT2D eigenvalue weighted by molar-refractivity contribution is -0.132. The van der Waals surface area contributed by atoms with Crippen LogP contribution in [0.2, 0.25) is 5.02 Å². The zero-order valence-corrected chi connectivity index (χ0v) is 19.3. The zero-order chi connectivity index (χ0) is 24.7. The number of rotatable bonds is 4. The highest BCUT2D eigenvalue weighted by Crippen LogP contribution is 2.44. The Labute approximate surface area is 205 Å². The van der Waals surface area contributed by atoms with E-state index < -0.39 is 23.5 Å². The highest BCUT2D eigenvalue weighted by atomic mass is 35.5. The molecule has 1 saturated heterocycles. The Hall–Kier alpha value is -4.16. The maximum atomic E-state index is 13.7. The summed E-state index contributed by atoms with van der Waals surface area (Å²) < 4.78 is 18.9. The van der Waals surface area contributed by atoms with Crippen LogP contribution in [0.1, 0.15) is 17.2 Å². The van der Waals surface area contributed by atoms with Gasteiger partial charge in [0.15, 0.2) is 0 Å². The van der Waals surface area contributed by atoms with E-state index in [0.717, 1.165) is 10.8 Å². The molecule has 5 rings (SSSR count). The summed E-state index contributed by atoms with van der Waals surface area (Å²) in [4.78, 5) is 27.9. The molecule has 0 radical (unpaired) electrons. The maximum Gasteiger partial charge on any atom is 0.300 e. The van der Waals surface area contributed by atoms with Crippen LogP contribution in [0.3, 0.4) is 0 Å². The molecule has 4 aromatic carbocycles. The number of carbonyl (C=O) groups is 2. The molecule has 0 aliphatic carbocycles. The monoisotopic (exact) mass is 487 g/mol. The van der Waals surface area contributed by atoms with Gasteiger partial charge in [0.25, 0.3) is 11.7 Å². The fourth-order valence-corrected chi connectivity index (χ4v) is 4.69. The summed E-state index contributed by atoms with van der Waals surface area (Å²) in [6.45, 7) is 0. The van der Waals surface area contributed by atoms with Gasteiger partial charge >= 0.3 is 0 Å². The van der Waals surface area contributed by atoms with Crippen molar-refractivity contribution in [2.75, 3.05) is 12.0 Å². The van der Waals surface area contributed by atoms with Gasteiger partial charge in [-0.3, -0.25) is 14.5 Å². The van der Waals surface area contributed by atoms with Gasteiger partial charge in [0.05, 0.1) is 23.7 Å². The highest BCUT2D eigenvalue weighted by Gasteiger charge is 2.47. The lowest BCUT2D eigenvalue weighted by Gasteiger charge is -2.26. The summed E-state index contributed by atoms with van der Waals surface area (Å²) in [6.07, 6.45) is 0. The first-order chi connectivity index (χ1) is 16.9. The van der Waals surface area contributed by atoms with Crippen LogP contribution in [0.5, 0.6) is 5.75 Å². The van der Waals surface area contributed by atoms with Gasteiger partial charge in [0.1, 0.15) is 17.3 Å². The first-order valence-corrected chi connectivity index (χ1v) is 11.2. The minimum atomic E-state index is -1.00. The van der Waals surface area contributed by atoms with Crippen molar-refractivity contribution in [1.82, 2.24) is 0 Å². The van der Waals surface area contributed by atoms with Crippen molar-refractivity contribution in [3.8, 4) is 5.75 Å². The molecule has 5 nitrogen and oxygen atoms in total. The van der Waals surface area contributed by atoms with Gasteiger partial charge in [-0.15, -0.1) is 0 Å². The van der Waals surface area contributed by atoms with Crippen molar-refractivity contribution in [2.24, 2.45) is 0 Å². The third-order valence-corrected chi connectivity index (χ3v) is 6.38. The second-order valence-electron chi connectivity index (χ2n) is 8.07. The van der Waals surface area contributed by atoms with Crippen LogP contribution in [0, 0.1) is 5.82 Å². The van der Waals surface area contributed by atoms with Gasteiger partial charge in [-0.1, -0.05) is 66.2 Å². The number of fused-ring (bicyclic) bond motifs is 1. The molecule has 1 unspecified atom stereocenters. The molecule has 0 saturated carbocycles. The molecule has 35 heavy (non-hydrogen) atoms. The van der Waals surface area contributed by atoms with Crippen LogP contribution in [-0.2, 0) is 9.59 Å². The van der Waals surface area contributed by atoms with Crippen LogP contribution in [0.15, 0.2) is 90.5 Å². The van der Waals surface area contributed by atoms with E-state index in [4.69, 9.17) is 16.3 Å². The molecule has 1 heterocycles. The minimum Gasteiger partial charge on any atom is -0.507 e. The van der Waals surface area contributed by atoms with Crippen molar-refractivity contribution in [1.29, 1.82) is 0 Å². The molecule has 1 aliphatic rings. The SMILES string of the molecule is COc1ccc(N2C(=O)C(=O)/C(=C(\O)c3cccc4ccccc34)C2c2ccc(F)cc2)cc1Cl. The van der Waals surface area contributed by atoms with Crippen LogP contribution >= 0.6 is 11.6 Å². The molecule has 1 aliphatic heterocycles. The summed E-state index contributed by atoms with van der Waals surface area (Å²) in [6, 6.07) is 21.9. The number of nitrogens with zero attached hydrogens (tertiary/aromatic N) is 1. The molecular formula is C28H19ClFNO4. The average molecular weight is 488 g/mol. The first-order valence-electron chi connectivity index (χ1n) is 10.8. The van der Waals surface area contributed by atoms with Crippen molar-refractivity contribution in [3.63, 3.8) is 0 Å². The average Bonchev–Trinajstić information content (AvgIpc) is 3.14. The van der Waals surface area contributed by atoms with Crippen LogP contribution < -0.4 is 9.64 Å². The van der Waals surface area contributed by atoms with Gasteiger partial charge in [-0.2, -0.15) is 0 Å². The Morgan fingerprint density at radius 1 is 0.971 bits per heavy atom. The van der Waals surface area contributed by atoms with E-state index in [1.807, 2.05) is 30.3 Å². The van der Waals surface area contributed by atoms with Crippen molar-refractivity contribution in [2.45, 2.75) is 6.04 Å². The molecule has 0 aromatic heterocycles. The topological polar surface area (TPSA) is 66.8 Å². The molecular weight excluding hydrogens is 469 g/mol. The smallest absolute Gasteiger partial charge is 0.300 e. The summed E-state index contributed by atoms with van der Waals surface area (Å²) in [5, 5.41) is 13.3. The number of benzene rings is 4. The second-order valence-corrected chi connectivity index (χ2v) is 8.47. The molecule has 174 valence electrons. The lowest BCUT2D eigenvalue weighted by Crippen LogP contribution is -2.29. The van der Waals surface area contributed by atoms with Gasteiger partial charge in [-0.05, 0) is 46.7 Å². The van der Waals surface area contributed by atoms with E-state index in [-0.39, 0.29) is 16.4 Å². The Balaban J connectivity index is 1.76. The molecule has 0 bridgehead atoms. The maximum absolute atomic E-state index is 13.7. The highest BCUT2D eigenvalue weighted by molar-refractivity contribution is 6.52. The van der Waals surface area contributed by atoms with E-state index in [1.54, 1.807) is 24.3 Å². The number of hydrogen-bond donors (Lipinski definition) is 1. The van der Waals surface area contributed by atoms with Gasteiger partial charge < -0.3 is 9.84 Å². The number of aliphatic hydroxyl groups excluding tert-OH is 1. The number of Topliss-reactive ketones (excluding diaryl/α,β-unsaturated/α-hetero) is 1. The van der Waals surface area contributed by atoms with E-state index in [2.05, 4.69) is 0 Å². The molecule has 1 amide bonds. The van der Waals surface area contributed by atoms with Gasteiger partial charge in [-0.25, -0.2) is 4.39 Å². The fraction of sp³-hybridized carbons (Fsp3) is 0.0714. The Bertz CT molecular complexity index is 1510. The standard InChI is InChI=1S/C28H19ClFNO4/c1-35-23-14-13-19(15-22(23)29)31-25(17-9-11-18(30)12-10-17)24(27(33)28(31)34)26(32)21-8-4-6-16-5-2-3-7-20(16)21/h2-15,25,32H,1H3/b26-24-. The minimum absolute atomic E-state index is 0.0927. The zero-order valence-electron chi connectivity index (χ0n) is 18.5. The Morgan fingerprint density at radius 3 is 2.40 bits per heavy atom. The third kappa shape index (κ3) is 3.82. The number of amides is 1. The van der Waals surface area contributed by atoms with Crippen LogP contribution in [0.4, 0.5) is 10.1 Å². The second kappa shape index (κ2) is 8.89. The number of methoxy groups -OCH3 is 1. The number of hydrogen-bond acceptors (Lipinski definition) is 4. The quantitative estimate of drug-likeness (QED) is 0.209. The van der Waals surface area contributed by atoms with Gasteiger partial charge in [0.2, 0.25) is 0 Å². The molecule has 1 fully saturated rings. The predicted molar refractivity (Wildman–Crippen MR) is 133 cm³/mol. The molecule has 4 aromatic rings. The predicted octanol–water partition coefficient (Wildman–Crippen LogP) is 6.27. The number of carbonyl (C=O) groups excluding carboxylic acids is 2. The van der Waals surface area contributed by atoms with Crippen molar-refractivity contribution < 1.29 is 23.8 Å². The third-order valence-electron chi connectivity index (χ3n) is 6.09. The molecule has 1 atom stereocenters. The van der Waals surface area contributed by atoms with Crippen LogP contribution in [0.25, 0.3) is 16.5 Å². The number of ether oxygens (including phenoxy) is 1. The molecule has 7 heteroatoms. The summed E-state index contributed by atoms with van der Waals surface area (Å²) in [5.74, 6) is -2.05. The Morgan fingerprint density at radius 2 is 1.69 bits per heavy atom. The van der Waals surface area contributed by atoms with E-state index in [9.17, 15) is 19.1 Å². The van der Waals surface area contributed by atoms with E-state index in [0.29, 0.717) is 22.6 Å². The number of aliphatic hydroxyl groups is 1. The number of anilines is 1. The summed E-state index contributed by atoms with van der Waals surface area (Å²) in [7, 11) is 1.47. The van der Waals surface area contributed by atoms with Gasteiger partial charge in [0, 0.05) is 11.3 Å². The first kappa shape index (κ1) is 22.6. The number of ketones is 1. The fourth-order valence-electron chi connectivity index (χ4n) is 4.44. The Kier molecular flexibility index (Phi) is 5.75. The largest absolute Gasteiger partial charge is 0.507 e. The van der Waals surface area contributed by atoms with E-state index in [1.165, 1.54) is 42.3 Å². The van der Waals surface area contributed by atoms with E-state index >= 15 is 0 Å². The summed E-state index contributed by atoms with van der Waals surface area (Å²) >= 11 is 6.31. The summed E-state index contributed by atoms with van der Waals surface area (Å²) in [5.41, 5.74) is 1.12. The number of halogens is 2. The van der Waals surface area contributed by atoms with Crippen molar-refractivity contribution >= 4 is 45.5 Å². The van der Waals surface area contributed by atoms with Crippen molar-refractivity contribution in [3.05, 3.63) is 112 Å². The lowest BCUT2D eigenvalue weighted by atomic mass is 9.93. The molecule has 1 N–H and O–H groups in total. The van der Waals surface area contributed by atoms with Crippen LogP contribution in [-0.4, -0.2) is 23.9 Å². The molecule has 0 spiro atoms. The normalized spacial score (nSPS) is 17.2.